The minimum absolute atomic E-state index is 0.0545. The lowest BCUT2D eigenvalue weighted by Gasteiger charge is -2.09. The standard InChI is InChI=1S/C27H24N4O6/c1-36-27(35)37-19-11-12-20-21(15-19)31-26(34)23(20)24(16-5-3-2-4-6-16)30-18-9-7-17(8-10-18)25(33)29-14-13-22(28)32/h2-12,15,31,34H,13-14H2,1H3,(H2,28,32)(H,29,33). The Morgan fingerprint density at radius 1 is 1.00 bits per heavy atom. The molecule has 0 bridgehead atoms. The Hall–Kier alpha value is -5.12. The number of H-pyrrole nitrogens is 1. The third kappa shape index (κ3) is 5.93. The van der Waals surface area contributed by atoms with Crippen LogP contribution in [0.15, 0.2) is 77.8 Å². The zero-order valence-corrected chi connectivity index (χ0v) is 19.9. The number of nitrogens with one attached hydrogen (secondary N) is 2. The number of fused-ring (bicyclic) bond motifs is 1. The van der Waals surface area contributed by atoms with E-state index < -0.39 is 12.1 Å². The van der Waals surface area contributed by atoms with Crippen molar-refractivity contribution in [1.29, 1.82) is 0 Å². The van der Waals surface area contributed by atoms with Crippen LogP contribution in [0.1, 0.15) is 27.9 Å². The number of rotatable bonds is 8. The lowest BCUT2D eigenvalue weighted by molar-refractivity contribution is -0.117. The van der Waals surface area contributed by atoms with Gasteiger partial charge in [0, 0.05) is 35.5 Å². The molecule has 5 N–H and O–H groups in total. The average molecular weight is 501 g/mol. The van der Waals surface area contributed by atoms with E-state index in [4.69, 9.17) is 15.5 Å². The molecule has 0 fully saturated rings. The number of primary amides is 1. The first-order valence-electron chi connectivity index (χ1n) is 11.3. The number of ether oxygens (including phenoxy) is 2. The maximum Gasteiger partial charge on any atom is 0.513 e. The summed E-state index contributed by atoms with van der Waals surface area (Å²) in [7, 11) is 1.21. The number of aliphatic imine (C=N–C) groups is 1. The van der Waals surface area contributed by atoms with Crippen molar-refractivity contribution in [2.24, 2.45) is 10.7 Å². The predicted octanol–water partition coefficient (Wildman–Crippen LogP) is 3.79. The van der Waals surface area contributed by atoms with Gasteiger partial charge in [-0.25, -0.2) is 9.79 Å². The summed E-state index contributed by atoms with van der Waals surface area (Å²) in [6.45, 7) is 0.151. The van der Waals surface area contributed by atoms with Gasteiger partial charge >= 0.3 is 6.16 Å². The van der Waals surface area contributed by atoms with Crippen molar-refractivity contribution in [3.05, 3.63) is 89.5 Å². The molecular weight excluding hydrogens is 476 g/mol. The summed E-state index contributed by atoms with van der Waals surface area (Å²) in [5.74, 6) is -0.696. The second-order valence-corrected chi connectivity index (χ2v) is 7.96. The van der Waals surface area contributed by atoms with Crippen LogP contribution in [-0.4, -0.2) is 47.4 Å². The minimum atomic E-state index is -0.855. The van der Waals surface area contributed by atoms with E-state index in [1.165, 1.54) is 7.11 Å². The van der Waals surface area contributed by atoms with Crippen LogP contribution in [0.2, 0.25) is 0 Å². The number of hydrogen-bond donors (Lipinski definition) is 4. The van der Waals surface area contributed by atoms with Crippen LogP contribution in [0.5, 0.6) is 11.6 Å². The average Bonchev–Trinajstić information content (AvgIpc) is 3.22. The number of nitrogens with two attached hydrogens (primary N) is 1. The Morgan fingerprint density at radius 2 is 1.73 bits per heavy atom. The van der Waals surface area contributed by atoms with Crippen LogP contribution < -0.4 is 15.8 Å². The molecule has 0 saturated heterocycles. The van der Waals surface area contributed by atoms with Crippen molar-refractivity contribution in [2.45, 2.75) is 6.42 Å². The Balaban J connectivity index is 1.70. The number of carbonyl (C=O) groups is 3. The molecule has 0 atom stereocenters. The van der Waals surface area contributed by atoms with Gasteiger partial charge in [-0.05, 0) is 36.4 Å². The Labute approximate surface area is 211 Å². The zero-order valence-electron chi connectivity index (χ0n) is 19.9. The van der Waals surface area contributed by atoms with Gasteiger partial charge in [-0.2, -0.15) is 0 Å². The fraction of sp³-hybridized carbons (Fsp3) is 0.111. The smallest absolute Gasteiger partial charge is 0.494 e. The number of aromatic nitrogens is 1. The third-order valence-electron chi connectivity index (χ3n) is 5.43. The first-order valence-corrected chi connectivity index (χ1v) is 11.3. The van der Waals surface area contributed by atoms with E-state index in [0.29, 0.717) is 33.4 Å². The number of carbonyl (C=O) groups excluding carboxylic acids is 3. The van der Waals surface area contributed by atoms with Crippen LogP contribution in [-0.2, 0) is 9.53 Å². The van der Waals surface area contributed by atoms with Crippen LogP contribution >= 0.6 is 0 Å². The van der Waals surface area contributed by atoms with Crippen LogP contribution in [0.25, 0.3) is 10.9 Å². The van der Waals surface area contributed by atoms with Crippen molar-refractivity contribution in [3.63, 3.8) is 0 Å². The van der Waals surface area contributed by atoms with Crippen molar-refractivity contribution in [3.8, 4) is 11.6 Å². The fourth-order valence-corrected chi connectivity index (χ4v) is 3.68. The summed E-state index contributed by atoms with van der Waals surface area (Å²) in [5.41, 5.74) is 8.28. The molecule has 4 aromatic rings. The summed E-state index contributed by atoms with van der Waals surface area (Å²) >= 11 is 0. The van der Waals surface area contributed by atoms with E-state index in [0.717, 1.165) is 5.56 Å². The van der Waals surface area contributed by atoms with E-state index >= 15 is 0 Å². The molecule has 188 valence electrons. The topological polar surface area (TPSA) is 156 Å². The highest BCUT2D eigenvalue weighted by Gasteiger charge is 2.19. The van der Waals surface area contributed by atoms with E-state index in [-0.39, 0.29) is 30.5 Å². The first kappa shape index (κ1) is 25.0. The molecule has 0 aliphatic heterocycles. The molecule has 0 unspecified atom stereocenters. The van der Waals surface area contributed by atoms with E-state index in [9.17, 15) is 19.5 Å². The molecular formula is C27H24N4O6. The molecule has 1 heterocycles. The summed E-state index contributed by atoms with van der Waals surface area (Å²) in [6, 6.07) is 20.8. The lowest BCUT2D eigenvalue weighted by atomic mass is 10.0. The maximum absolute atomic E-state index is 12.3. The molecule has 0 radical (unpaired) electrons. The summed E-state index contributed by atoms with van der Waals surface area (Å²) < 4.78 is 9.61. The molecule has 0 spiro atoms. The minimum Gasteiger partial charge on any atom is -0.494 e. The summed E-state index contributed by atoms with van der Waals surface area (Å²) in [5, 5.41) is 14.1. The third-order valence-corrected chi connectivity index (χ3v) is 5.43. The van der Waals surface area contributed by atoms with Crippen molar-refractivity contribution >= 4 is 40.3 Å². The van der Waals surface area contributed by atoms with Gasteiger partial charge in [0.2, 0.25) is 5.91 Å². The molecule has 0 aliphatic carbocycles. The van der Waals surface area contributed by atoms with Crippen LogP contribution in [0.4, 0.5) is 10.5 Å². The number of aromatic hydroxyl groups is 1. The number of amides is 2. The number of benzene rings is 3. The fourth-order valence-electron chi connectivity index (χ4n) is 3.68. The SMILES string of the molecule is COC(=O)Oc1ccc2c(C(=Nc3ccc(C(=O)NCCC(N)=O)cc3)c3ccccc3)c(O)[nH]c2c1. The summed E-state index contributed by atoms with van der Waals surface area (Å²) in [6.07, 6.45) is -0.800. The zero-order chi connectivity index (χ0) is 26.4. The number of methoxy groups -OCH3 is 1. The number of hydrogen-bond acceptors (Lipinski definition) is 7. The van der Waals surface area contributed by atoms with E-state index in [1.54, 1.807) is 42.5 Å². The molecule has 2 amide bonds. The normalized spacial score (nSPS) is 11.2. The first-order chi connectivity index (χ1) is 17.9. The van der Waals surface area contributed by atoms with Crippen LogP contribution in [0.3, 0.4) is 0 Å². The van der Waals surface area contributed by atoms with Gasteiger partial charge in [0.1, 0.15) is 5.75 Å². The molecule has 0 aliphatic rings. The highest BCUT2D eigenvalue weighted by molar-refractivity contribution is 6.22. The van der Waals surface area contributed by atoms with E-state index in [1.807, 2.05) is 30.3 Å². The molecule has 1 aromatic heterocycles. The second kappa shape index (κ2) is 11.1. The van der Waals surface area contributed by atoms with Gasteiger partial charge in [-0.3, -0.25) is 9.59 Å². The van der Waals surface area contributed by atoms with Crippen molar-refractivity contribution < 1.29 is 29.0 Å². The largest absolute Gasteiger partial charge is 0.513 e. The quantitative estimate of drug-likeness (QED) is 0.164. The van der Waals surface area contributed by atoms with Crippen molar-refractivity contribution in [1.82, 2.24) is 10.3 Å². The molecule has 3 aromatic carbocycles. The Bertz CT molecular complexity index is 1480. The molecule has 0 saturated carbocycles. The lowest BCUT2D eigenvalue weighted by Crippen LogP contribution is -2.27. The molecule has 10 heteroatoms. The predicted molar refractivity (Wildman–Crippen MR) is 137 cm³/mol. The van der Waals surface area contributed by atoms with Gasteiger partial charge in [0.25, 0.3) is 5.91 Å². The monoisotopic (exact) mass is 500 g/mol. The highest BCUT2D eigenvalue weighted by atomic mass is 16.7. The maximum atomic E-state index is 12.3. The number of aromatic amines is 1. The molecule has 37 heavy (non-hydrogen) atoms. The molecule has 4 rings (SSSR count). The van der Waals surface area contributed by atoms with Gasteiger partial charge in [0.15, 0.2) is 5.88 Å². The van der Waals surface area contributed by atoms with Gasteiger partial charge < -0.3 is 30.6 Å². The van der Waals surface area contributed by atoms with Crippen LogP contribution in [0, 0.1) is 0 Å². The Morgan fingerprint density at radius 3 is 2.41 bits per heavy atom. The van der Waals surface area contributed by atoms with Crippen molar-refractivity contribution in [2.75, 3.05) is 13.7 Å². The second-order valence-electron chi connectivity index (χ2n) is 7.96. The van der Waals surface area contributed by atoms with Gasteiger partial charge in [0.05, 0.1) is 29.6 Å². The van der Waals surface area contributed by atoms with Gasteiger partial charge in [-0.15, -0.1) is 0 Å². The van der Waals surface area contributed by atoms with Gasteiger partial charge in [-0.1, -0.05) is 30.3 Å². The number of nitrogens with zero attached hydrogens (tertiary/aromatic N) is 1. The summed E-state index contributed by atoms with van der Waals surface area (Å²) in [4.78, 5) is 42.3. The van der Waals surface area contributed by atoms with E-state index in [2.05, 4.69) is 15.0 Å². The highest BCUT2D eigenvalue weighted by Crippen LogP contribution is 2.33. The Kier molecular flexibility index (Phi) is 7.48. The molecule has 10 nitrogen and oxygen atoms in total.